The van der Waals surface area contributed by atoms with E-state index in [0.29, 0.717) is 16.7 Å². The highest BCUT2D eigenvalue weighted by Gasteiger charge is 2.78. The van der Waals surface area contributed by atoms with E-state index in [1.807, 2.05) is 0 Å². The van der Waals surface area contributed by atoms with Crippen LogP contribution in [-0.4, -0.2) is 13.1 Å². The van der Waals surface area contributed by atoms with Gasteiger partial charge in [0.2, 0.25) is 0 Å². The van der Waals surface area contributed by atoms with Crippen molar-refractivity contribution in [1.82, 2.24) is 0 Å². The summed E-state index contributed by atoms with van der Waals surface area (Å²) in [6, 6.07) is 0. The van der Waals surface area contributed by atoms with Crippen LogP contribution in [-0.2, 0) is 9.53 Å². The molecule has 8 atom stereocenters. The highest BCUT2D eigenvalue weighted by Crippen LogP contribution is 2.85. The minimum absolute atomic E-state index is 0.0745. The SMILES string of the molecule is COC(=O)[C@H]1CCC[C@]2(C)C3C[C@@H]4[C@@H]5CC3(CC[C@@H]12)C[C@@]45C. The average Bonchev–Trinajstić information content (AvgIpc) is 2.96. The molecular weight excluding hydrogens is 272 g/mol. The Balaban J connectivity index is 1.50. The maximum atomic E-state index is 12.3. The molecule has 0 aromatic rings. The lowest BCUT2D eigenvalue weighted by atomic mass is 9.42. The van der Waals surface area contributed by atoms with E-state index in [2.05, 4.69) is 13.8 Å². The standard InChI is InChI=1S/C20H30O2/c1-18-7-4-5-12(17(21)22-3)13(18)6-8-20-10-15-14(9-16(18)20)19(15,2)11-20/h12-16H,4-11H2,1-3H3/t12-,13-,14+,15-,16?,18-,19-,20?/m0/s1. The first-order chi connectivity index (χ1) is 10.4. The Morgan fingerprint density at radius 1 is 1.05 bits per heavy atom. The highest BCUT2D eigenvalue weighted by molar-refractivity contribution is 5.73. The van der Waals surface area contributed by atoms with Gasteiger partial charge in [0.15, 0.2) is 0 Å². The predicted molar refractivity (Wildman–Crippen MR) is 85.0 cm³/mol. The molecule has 4 bridgehead atoms. The van der Waals surface area contributed by atoms with Gasteiger partial charge in [-0.15, -0.1) is 0 Å². The number of esters is 1. The summed E-state index contributed by atoms with van der Waals surface area (Å²) in [5.74, 6) is 3.82. The number of rotatable bonds is 1. The number of fused-ring (bicyclic) bond motifs is 1. The molecule has 0 heterocycles. The summed E-state index contributed by atoms with van der Waals surface area (Å²) in [5, 5.41) is 0. The number of carbonyl (C=O) groups excluding carboxylic acids is 1. The van der Waals surface area contributed by atoms with Crippen molar-refractivity contribution < 1.29 is 9.53 Å². The second-order valence-electron chi connectivity index (χ2n) is 9.92. The van der Waals surface area contributed by atoms with Crippen LogP contribution in [0.25, 0.3) is 0 Å². The molecule has 2 unspecified atom stereocenters. The van der Waals surface area contributed by atoms with Gasteiger partial charge in [-0.3, -0.25) is 4.79 Å². The first kappa shape index (κ1) is 13.9. The van der Waals surface area contributed by atoms with E-state index < -0.39 is 0 Å². The summed E-state index contributed by atoms with van der Waals surface area (Å²) in [7, 11) is 1.57. The molecule has 2 heteroatoms. The Bertz CT molecular complexity index is 542. The van der Waals surface area contributed by atoms with Gasteiger partial charge in [-0.2, -0.15) is 0 Å². The Labute approximate surface area is 134 Å². The van der Waals surface area contributed by atoms with Gasteiger partial charge in [0.25, 0.3) is 0 Å². The minimum atomic E-state index is 0.0745. The zero-order chi connectivity index (χ0) is 15.3. The Morgan fingerprint density at radius 2 is 1.86 bits per heavy atom. The predicted octanol–water partition coefficient (Wildman–Crippen LogP) is 4.43. The molecule has 6 aliphatic carbocycles. The number of methoxy groups -OCH3 is 1. The third-order valence-electron chi connectivity index (χ3n) is 9.48. The van der Waals surface area contributed by atoms with E-state index in [-0.39, 0.29) is 11.9 Å². The van der Waals surface area contributed by atoms with Gasteiger partial charge in [-0.1, -0.05) is 20.3 Å². The smallest absolute Gasteiger partial charge is 0.308 e. The van der Waals surface area contributed by atoms with Crippen molar-refractivity contribution in [1.29, 1.82) is 0 Å². The van der Waals surface area contributed by atoms with Gasteiger partial charge >= 0.3 is 5.97 Å². The van der Waals surface area contributed by atoms with Gasteiger partial charge in [-0.05, 0) is 84.9 Å². The molecule has 2 nitrogen and oxygen atoms in total. The monoisotopic (exact) mass is 302 g/mol. The van der Waals surface area contributed by atoms with Gasteiger partial charge in [0.05, 0.1) is 13.0 Å². The number of carbonyl (C=O) groups is 1. The fourth-order valence-corrected chi connectivity index (χ4v) is 8.60. The van der Waals surface area contributed by atoms with E-state index in [4.69, 9.17) is 4.74 Å². The van der Waals surface area contributed by atoms with Crippen LogP contribution in [0.5, 0.6) is 0 Å². The number of hydrogen-bond acceptors (Lipinski definition) is 2. The quantitative estimate of drug-likeness (QED) is 0.670. The molecule has 0 aliphatic heterocycles. The van der Waals surface area contributed by atoms with Crippen LogP contribution in [0.2, 0.25) is 0 Å². The molecule has 0 amide bonds. The second kappa shape index (κ2) is 3.92. The van der Waals surface area contributed by atoms with Crippen LogP contribution in [0.15, 0.2) is 0 Å². The van der Waals surface area contributed by atoms with E-state index in [0.717, 1.165) is 29.6 Å². The fraction of sp³-hybridized carbons (Fsp3) is 0.950. The van der Waals surface area contributed by atoms with Crippen LogP contribution in [0.4, 0.5) is 0 Å². The number of hydrogen-bond donors (Lipinski definition) is 0. The first-order valence-corrected chi connectivity index (χ1v) is 9.52. The minimum Gasteiger partial charge on any atom is -0.469 e. The molecule has 6 saturated carbocycles. The van der Waals surface area contributed by atoms with Gasteiger partial charge < -0.3 is 4.74 Å². The summed E-state index contributed by atoms with van der Waals surface area (Å²) < 4.78 is 5.16. The Kier molecular flexibility index (Phi) is 2.47. The van der Waals surface area contributed by atoms with Crippen molar-refractivity contribution in [3.63, 3.8) is 0 Å². The average molecular weight is 302 g/mol. The van der Waals surface area contributed by atoms with Crippen LogP contribution in [0, 0.1) is 45.8 Å². The van der Waals surface area contributed by atoms with Gasteiger partial charge in [0, 0.05) is 0 Å². The third-order valence-corrected chi connectivity index (χ3v) is 9.48. The van der Waals surface area contributed by atoms with Crippen molar-refractivity contribution in [3.8, 4) is 0 Å². The molecule has 6 rings (SSSR count). The van der Waals surface area contributed by atoms with E-state index in [9.17, 15) is 4.79 Å². The van der Waals surface area contributed by atoms with Crippen LogP contribution < -0.4 is 0 Å². The van der Waals surface area contributed by atoms with Crippen molar-refractivity contribution in [3.05, 3.63) is 0 Å². The van der Waals surface area contributed by atoms with Crippen molar-refractivity contribution >= 4 is 5.97 Å². The fourth-order valence-electron chi connectivity index (χ4n) is 8.60. The molecule has 122 valence electrons. The van der Waals surface area contributed by atoms with Crippen molar-refractivity contribution in [2.24, 2.45) is 45.8 Å². The van der Waals surface area contributed by atoms with Crippen LogP contribution in [0.1, 0.15) is 65.2 Å². The third kappa shape index (κ3) is 1.38. The summed E-state index contributed by atoms with van der Waals surface area (Å²) in [6.07, 6.45) is 10.8. The molecule has 1 spiro atoms. The Hall–Kier alpha value is -0.530. The van der Waals surface area contributed by atoms with Gasteiger partial charge in [0.1, 0.15) is 0 Å². The molecule has 0 radical (unpaired) electrons. The summed E-state index contributed by atoms with van der Waals surface area (Å²) >= 11 is 0. The zero-order valence-electron chi connectivity index (χ0n) is 14.4. The molecular formula is C20H30O2. The lowest BCUT2D eigenvalue weighted by molar-refractivity contribution is -0.170. The Morgan fingerprint density at radius 3 is 2.55 bits per heavy atom. The second-order valence-corrected chi connectivity index (χ2v) is 9.92. The summed E-state index contributed by atoms with van der Waals surface area (Å²) in [6.45, 7) is 5.12. The summed E-state index contributed by atoms with van der Waals surface area (Å²) in [5.41, 5.74) is 1.78. The normalized spacial score (nSPS) is 61.1. The molecule has 6 aliphatic rings. The first-order valence-electron chi connectivity index (χ1n) is 9.52. The molecule has 0 saturated heterocycles. The maximum Gasteiger partial charge on any atom is 0.308 e. The topological polar surface area (TPSA) is 26.3 Å². The largest absolute Gasteiger partial charge is 0.469 e. The number of ether oxygens (including phenoxy) is 1. The van der Waals surface area contributed by atoms with Crippen molar-refractivity contribution in [2.45, 2.75) is 65.2 Å². The summed E-state index contributed by atoms with van der Waals surface area (Å²) in [4.78, 5) is 12.3. The molecule has 0 N–H and O–H groups in total. The molecule has 6 fully saturated rings. The molecule has 22 heavy (non-hydrogen) atoms. The van der Waals surface area contributed by atoms with E-state index in [1.165, 1.54) is 44.9 Å². The van der Waals surface area contributed by atoms with Crippen LogP contribution in [0.3, 0.4) is 0 Å². The van der Waals surface area contributed by atoms with Gasteiger partial charge in [-0.25, -0.2) is 0 Å². The van der Waals surface area contributed by atoms with E-state index in [1.54, 1.807) is 7.11 Å². The van der Waals surface area contributed by atoms with Crippen molar-refractivity contribution in [2.75, 3.05) is 7.11 Å². The zero-order valence-corrected chi connectivity index (χ0v) is 14.4. The molecule has 0 aromatic heterocycles. The highest BCUT2D eigenvalue weighted by atomic mass is 16.5. The maximum absolute atomic E-state index is 12.3. The molecule has 0 aromatic carbocycles. The lowest BCUT2D eigenvalue weighted by Crippen LogP contribution is -2.56. The van der Waals surface area contributed by atoms with Crippen LogP contribution >= 0.6 is 0 Å². The van der Waals surface area contributed by atoms with E-state index >= 15 is 0 Å². The lowest BCUT2D eigenvalue weighted by Gasteiger charge is -2.63.